The molecule has 0 aliphatic rings. The van der Waals surface area contributed by atoms with Crippen LogP contribution < -0.4 is 8.85 Å². The average molecular weight is 467 g/mol. The maximum Gasteiger partial charge on any atom is 0.250 e. The van der Waals surface area contributed by atoms with Crippen molar-refractivity contribution in [3.05, 3.63) is 59.7 Å². The Balaban J connectivity index is 2.08. The van der Waals surface area contributed by atoms with Crippen molar-refractivity contribution in [2.45, 2.75) is 90.1 Å². The summed E-state index contributed by atoms with van der Waals surface area (Å²) in [6.45, 7) is 22.6. The van der Waals surface area contributed by atoms with Gasteiger partial charge in [0.2, 0.25) is 16.6 Å². The van der Waals surface area contributed by atoms with Crippen LogP contribution >= 0.6 is 0 Å². The first-order valence-corrected chi connectivity index (χ1v) is 17.4. The van der Waals surface area contributed by atoms with E-state index in [4.69, 9.17) is 15.3 Å². The van der Waals surface area contributed by atoms with Gasteiger partial charge >= 0.3 is 0 Å². The van der Waals surface area contributed by atoms with E-state index in [9.17, 15) is 0 Å². The van der Waals surface area contributed by atoms with E-state index in [0.29, 0.717) is 0 Å². The Labute approximate surface area is 199 Å². The van der Waals surface area contributed by atoms with Gasteiger partial charge in [0.25, 0.3) is 0 Å². The Morgan fingerprint density at radius 2 is 1.09 bits per heavy atom. The SMILES string of the molecule is C#CC(Cc1ccc(O[Si](C)(C)C(C)(C)C)cc1)c1ccc(O[Si](C)(C)C(C)(C)C)cc1. The van der Waals surface area contributed by atoms with Gasteiger partial charge in [0.1, 0.15) is 11.5 Å². The second-order valence-corrected chi connectivity index (χ2v) is 21.3. The number of benzene rings is 2. The maximum atomic E-state index is 6.41. The van der Waals surface area contributed by atoms with Crippen molar-refractivity contribution in [1.29, 1.82) is 0 Å². The molecule has 1 unspecified atom stereocenters. The van der Waals surface area contributed by atoms with Gasteiger partial charge in [-0.1, -0.05) is 71.7 Å². The topological polar surface area (TPSA) is 18.5 Å². The third kappa shape index (κ3) is 6.53. The highest BCUT2D eigenvalue weighted by Gasteiger charge is 2.39. The van der Waals surface area contributed by atoms with Crippen molar-refractivity contribution in [2.24, 2.45) is 0 Å². The van der Waals surface area contributed by atoms with E-state index in [0.717, 1.165) is 23.5 Å². The Bertz CT molecular complexity index is 922. The zero-order valence-corrected chi connectivity index (χ0v) is 23.8. The maximum absolute atomic E-state index is 6.41. The lowest BCUT2D eigenvalue weighted by Gasteiger charge is -2.36. The minimum absolute atomic E-state index is 0.0316. The molecule has 1 atom stereocenters. The molecule has 2 rings (SSSR count). The van der Waals surface area contributed by atoms with Crippen LogP contribution in [0.4, 0.5) is 0 Å². The minimum atomic E-state index is -1.84. The van der Waals surface area contributed by atoms with Crippen LogP contribution in [0.25, 0.3) is 0 Å². The molecule has 0 aromatic heterocycles. The van der Waals surface area contributed by atoms with Crippen molar-refractivity contribution >= 4 is 16.6 Å². The van der Waals surface area contributed by atoms with Crippen molar-refractivity contribution in [3.8, 4) is 23.8 Å². The molecule has 0 heterocycles. The molecule has 0 fully saturated rings. The molecule has 174 valence electrons. The summed E-state index contributed by atoms with van der Waals surface area (Å²) < 4.78 is 12.8. The van der Waals surface area contributed by atoms with E-state index in [1.807, 2.05) is 0 Å². The molecule has 2 nitrogen and oxygen atoms in total. The van der Waals surface area contributed by atoms with Crippen LogP contribution in [0.1, 0.15) is 58.6 Å². The van der Waals surface area contributed by atoms with Crippen LogP contribution in [-0.4, -0.2) is 16.6 Å². The summed E-state index contributed by atoms with van der Waals surface area (Å²) in [5, 5.41) is 0.355. The van der Waals surface area contributed by atoms with Gasteiger partial charge in [0.15, 0.2) is 0 Å². The van der Waals surface area contributed by atoms with Gasteiger partial charge in [-0.05, 0) is 78.1 Å². The molecule has 32 heavy (non-hydrogen) atoms. The lowest BCUT2D eigenvalue weighted by Crippen LogP contribution is -2.43. The number of terminal acetylenes is 1. The quantitative estimate of drug-likeness (QED) is 0.301. The van der Waals surface area contributed by atoms with Gasteiger partial charge in [0, 0.05) is 5.92 Å². The molecule has 4 heteroatoms. The fourth-order valence-electron chi connectivity index (χ4n) is 2.87. The van der Waals surface area contributed by atoms with Crippen LogP contribution in [0.15, 0.2) is 48.5 Å². The fourth-order valence-corrected chi connectivity index (χ4v) is 4.93. The largest absolute Gasteiger partial charge is 0.544 e. The molecular weight excluding hydrogens is 424 g/mol. The van der Waals surface area contributed by atoms with Crippen molar-refractivity contribution in [1.82, 2.24) is 0 Å². The highest BCUT2D eigenvalue weighted by atomic mass is 28.4. The molecule has 0 radical (unpaired) electrons. The van der Waals surface area contributed by atoms with Gasteiger partial charge in [-0.15, -0.1) is 6.42 Å². The van der Waals surface area contributed by atoms with E-state index in [1.165, 1.54) is 5.56 Å². The van der Waals surface area contributed by atoms with Crippen LogP contribution in [0.3, 0.4) is 0 Å². The molecule has 0 aliphatic heterocycles. The Hall–Kier alpha value is -1.97. The molecular formula is C28H42O2Si2. The van der Waals surface area contributed by atoms with Gasteiger partial charge in [-0.2, -0.15) is 0 Å². The van der Waals surface area contributed by atoms with Crippen LogP contribution in [0, 0.1) is 12.3 Å². The highest BCUT2D eigenvalue weighted by Crippen LogP contribution is 2.38. The molecule has 0 saturated carbocycles. The number of hydrogen-bond acceptors (Lipinski definition) is 2. The molecule has 0 bridgehead atoms. The monoisotopic (exact) mass is 466 g/mol. The third-order valence-corrected chi connectivity index (χ3v) is 15.9. The van der Waals surface area contributed by atoms with Crippen LogP contribution in [0.2, 0.25) is 36.3 Å². The second-order valence-electron chi connectivity index (χ2n) is 11.9. The van der Waals surface area contributed by atoms with Crippen molar-refractivity contribution in [3.63, 3.8) is 0 Å². The summed E-state index contributed by atoms with van der Waals surface area (Å²) in [5.74, 6) is 4.89. The van der Waals surface area contributed by atoms with Crippen LogP contribution in [-0.2, 0) is 6.42 Å². The smallest absolute Gasteiger partial charge is 0.250 e. The molecule has 0 aliphatic carbocycles. The Kier molecular flexibility index (Phi) is 7.80. The molecule has 0 amide bonds. The summed E-state index contributed by atoms with van der Waals surface area (Å²) in [6.07, 6.45) is 6.72. The molecule has 2 aromatic carbocycles. The van der Waals surface area contributed by atoms with Crippen molar-refractivity contribution in [2.75, 3.05) is 0 Å². The molecule has 0 saturated heterocycles. The number of hydrogen-bond donors (Lipinski definition) is 0. The zero-order chi connectivity index (χ0) is 24.4. The van der Waals surface area contributed by atoms with Gasteiger partial charge < -0.3 is 8.85 Å². The highest BCUT2D eigenvalue weighted by molar-refractivity contribution is 6.75. The van der Waals surface area contributed by atoms with Gasteiger partial charge in [-0.3, -0.25) is 0 Å². The minimum Gasteiger partial charge on any atom is -0.544 e. The summed E-state index contributed by atoms with van der Waals surface area (Å²) in [7, 11) is -3.67. The normalized spacial score (nSPS) is 13.9. The van der Waals surface area contributed by atoms with Gasteiger partial charge in [-0.25, -0.2) is 0 Å². The lowest BCUT2D eigenvalue weighted by atomic mass is 9.93. The predicted molar refractivity (Wildman–Crippen MR) is 144 cm³/mol. The first-order valence-electron chi connectivity index (χ1n) is 11.6. The van der Waals surface area contributed by atoms with E-state index in [1.54, 1.807) is 0 Å². The number of rotatable bonds is 7. The fraction of sp³-hybridized carbons (Fsp3) is 0.500. The lowest BCUT2D eigenvalue weighted by molar-refractivity contribution is 0.491. The average Bonchev–Trinajstić information content (AvgIpc) is 2.66. The molecule has 2 aromatic rings. The zero-order valence-electron chi connectivity index (χ0n) is 21.8. The second kappa shape index (κ2) is 9.49. The first kappa shape index (κ1) is 26.3. The summed E-state index contributed by atoms with van der Waals surface area (Å²) in [6, 6.07) is 16.8. The summed E-state index contributed by atoms with van der Waals surface area (Å²) in [4.78, 5) is 0. The Morgan fingerprint density at radius 1 is 0.719 bits per heavy atom. The van der Waals surface area contributed by atoms with E-state index in [-0.39, 0.29) is 16.0 Å². The first-order chi connectivity index (χ1) is 14.6. The summed E-state index contributed by atoms with van der Waals surface area (Å²) in [5.41, 5.74) is 2.37. The third-order valence-electron chi connectivity index (χ3n) is 7.21. The standard InChI is InChI=1S/C28H42O2Si2/c1-12-23(24-15-19-26(20-16-24)30-32(10,11)28(5,6)7)21-22-13-17-25(18-14-22)29-31(8,9)27(2,3)4/h1,13-20,23H,21H2,2-11H3. The van der Waals surface area contributed by atoms with Crippen LogP contribution in [0.5, 0.6) is 11.5 Å². The Morgan fingerprint density at radius 3 is 1.44 bits per heavy atom. The molecule has 0 spiro atoms. The molecule has 0 N–H and O–H groups in total. The van der Waals surface area contributed by atoms with E-state index >= 15 is 0 Å². The van der Waals surface area contributed by atoms with E-state index < -0.39 is 16.6 Å². The van der Waals surface area contributed by atoms with E-state index in [2.05, 4.69) is 122 Å². The van der Waals surface area contributed by atoms with Gasteiger partial charge in [0.05, 0.1) is 0 Å². The predicted octanol–water partition coefficient (Wildman–Crippen LogP) is 8.41. The summed E-state index contributed by atoms with van der Waals surface area (Å²) >= 11 is 0. The van der Waals surface area contributed by atoms with Crippen molar-refractivity contribution < 1.29 is 8.85 Å².